The summed E-state index contributed by atoms with van der Waals surface area (Å²) in [5.74, 6) is 0.232. The fourth-order valence-corrected chi connectivity index (χ4v) is 3.04. The van der Waals surface area contributed by atoms with Gasteiger partial charge < -0.3 is 10.6 Å². The van der Waals surface area contributed by atoms with Crippen LogP contribution in [-0.4, -0.2) is 17.4 Å². The van der Waals surface area contributed by atoms with Gasteiger partial charge in [0.25, 0.3) is 0 Å². The van der Waals surface area contributed by atoms with Crippen molar-refractivity contribution in [2.45, 2.75) is 12.8 Å². The average molecular weight is 355 g/mol. The monoisotopic (exact) mass is 355 g/mol. The van der Waals surface area contributed by atoms with Gasteiger partial charge in [0.2, 0.25) is 5.91 Å². The number of rotatable bonds is 7. The summed E-state index contributed by atoms with van der Waals surface area (Å²) in [6.07, 6.45) is 2.84. The Morgan fingerprint density at radius 3 is 2.64 bits per heavy atom. The van der Waals surface area contributed by atoms with Crippen molar-refractivity contribution in [2.75, 3.05) is 17.2 Å². The molecule has 4 nitrogen and oxygen atoms in total. The third-order valence-corrected chi connectivity index (χ3v) is 4.48. The summed E-state index contributed by atoms with van der Waals surface area (Å²) in [6, 6.07) is 14.0. The topological polar surface area (TPSA) is 54.0 Å². The lowest BCUT2D eigenvalue weighted by atomic mass is 10.1. The van der Waals surface area contributed by atoms with E-state index in [1.165, 1.54) is 12.1 Å². The van der Waals surface area contributed by atoms with Crippen molar-refractivity contribution < 1.29 is 9.18 Å². The number of nitrogens with zero attached hydrogens (tertiary/aromatic N) is 1. The van der Waals surface area contributed by atoms with Crippen molar-refractivity contribution in [3.63, 3.8) is 0 Å². The Kier molecular flexibility index (Phi) is 5.74. The van der Waals surface area contributed by atoms with Crippen LogP contribution in [0.5, 0.6) is 0 Å². The maximum absolute atomic E-state index is 12.9. The smallest absolute Gasteiger partial charge is 0.230 e. The Balaban J connectivity index is 1.45. The van der Waals surface area contributed by atoms with E-state index in [2.05, 4.69) is 15.6 Å². The Hall–Kier alpha value is -2.73. The van der Waals surface area contributed by atoms with Gasteiger partial charge in [0.05, 0.1) is 18.3 Å². The zero-order chi connectivity index (χ0) is 17.5. The van der Waals surface area contributed by atoms with E-state index in [1.807, 2.05) is 23.6 Å². The van der Waals surface area contributed by atoms with Gasteiger partial charge in [-0.15, -0.1) is 11.3 Å². The summed E-state index contributed by atoms with van der Waals surface area (Å²) in [5.41, 5.74) is 1.94. The van der Waals surface area contributed by atoms with E-state index in [0.29, 0.717) is 12.2 Å². The molecule has 0 fully saturated rings. The second-order valence-electron chi connectivity index (χ2n) is 5.54. The van der Waals surface area contributed by atoms with Crippen LogP contribution in [0.1, 0.15) is 10.4 Å². The van der Waals surface area contributed by atoms with Gasteiger partial charge in [0.1, 0.15) is 11.6 Å². The molecule has 0 aliphatic heterocycles. The minimum absolute atomic E-state index is 0.0769. The lowest BCUT2D eigenvalue weighted by Gasteiger charge is -2.08. The van der Waals surface area contributed by atoms with Crippen LogP contribution in [-0.2, 0) is 17.6 Å². The second-order valence-corrected chi connectivity index (χ2v) is 6.57. The zero-order valence-electron chi connectivity index (χ0n) is 13.5. The number of carbonyl (C=O) groups excluding carboxylic acids is 1. The molecule has 0 unspecified atom stereocenters. The Morgan fingerprint density at radius 1 is 1.12 bits per heavy atom. The molecule has 0 saturated heterocycles. The van der Waals surface area contributed by atoms with Crippen LogP contribution in [0.4, 0.5) is 15.9 Å². The van der Waals surface area contributed by atoms with Gasteiger partial charge >= 0.3 is 0 Å². The van der Waals surface area contributed by atoms with Crippen molar-refractivity contribution in [1.82, 2.24) is 4.98 Å². The largest absolute Gasteiger partial charge is 0.383 e. The van der Waals surface area contributed by atoms with Gasteiger partial charge in [0.15, 0.2) is 0 Å². The number of pyridine rings is 1. The first-order chi connectivity index (χ1) is 12.2. The molecule has 2 N–H and O–H groups in total. The summed E-state index contributed by atoms with van der Waals surface area (Å²) in [4.78, 5) is 17.2. The third kappa shape index (κ3) is 5.39. The third-order valence-electron chi connectivity index (χ3n) is 3.60. The van der Waals surface area contributed by atoms with Crippen LogP contribution in [0, 0.1) is 5.82 Å². The summed E-state index contributed by atoms with van der Waals surface area (Å²) in [5, 5.41) is 8.00. The Labute approximate surface area is 149 Å². The quantitative estimate of drug-likeness (QED) is 0.670. The first-order valence-corrected chi connectivity index (χ1v) is 8.83. The molecule has 1 amide bonds. The van der Waals surface area contributed by atoms with Crippen LogP contribution in [0.2, 0.25) is 0 Å². The number of thiophene rings is 1. The van der Waals surface area contributed by atoms with E-state index < -0.39 is 0 Å². The fraction of sp³-hybridized carbons (Fsp3) is 0.158. The molecular formula is C19H18FN3OS. The highest BCUT2D eigenvalue weighted by molar-refractivity contribution is 7.10. The molecule has 128 valence electrons. The standard InChI is InChI=1S/C19H18FN3OS/c20-15-5-3-14(4-6-15)9-10-21-16-7-8-18(22-13-16)23-19(24)12-17-2-1-11-25-17/h1-8,11,13,21H,9-10,12H2,(H,22,23,24). The SMILES string of the molecule is O=C(Cc1cccs1)Nc1ccc(NCCc2ccc(F)cc2)cn1. The van der Waals surface area contributed by atoms with Crippen molar-refractivity contribution in [2.24, 2.45) is 0 Å². The minimum atomic E-state index is -0.224. The molecule has 2 heterocycles. The number of hydrogen-bond acceptors (Lipinski definition) is 4. The highest BCUT2D eigenvalue weighted by atomic mass is 32.1. The molecule has 25 heavy (non-hydrogen) atoms. The molecule has 0 aliphatic rings. The second kappa shape index (κ2) is 8.39. The lowest BCUT2D eigenvalue weighted by molar-refractivity contribution is -0.115. The fourth-order valence-electron chi connectivity index (χ4n) is 2.33. The highest BCUT2D eigenvalue weighted by Crippen LogP contribution is 2.13. The number of halogens is 1. The van der Waals surface area contributed by atoms with Gasteiger partial charge in [-0.1, -0.05) is 18.2 Å². The van der Waals surface area contributed by atoms with Crippen molar-refractivity contribution in [1.29, 1.82) is 0 Å². The van der Waals surface area contributed by atoms with Gasteiger partial charge in [-0.3, -0.25) is 4.79 Å². The average Bonchev–Trinajstić information content (AvgIpc) is 3.11. The van der Waals surface area contributed by atoms with Crippen LogP contribution in [0.25, 0.3) is 0 Å². The molecule has 0 atom stereocenters. The number of amides is 1. The molecule has 3 rings (SSSR count). The van der Waals surface area contributed by atoms with E-state index in [0.717, 1.165) is 29.1 Å². The van der Waals surface area contributed by atoms with Crippen LogP contribution in [0.3, 0.4) is 0 Å². The molecular weight excluding hydrogens is 337 g/mol. The summed E-state index contributed by atoms with van der Waals surface area (Å²) in [6.45, 7) is 0.720. The number of carbonyl (C=O) groups is 1. The molecule has 0 radical (unpaired) electrons. The maximum atomic E-state index is 12.9. The van der Waals surface area contributed by atoms with Crippen LogP contribution in [0.15, 0.2) is 60.1 Å². The number of anilines is 2. The predicted molar refractivity (Wildman–Crippen MR) is 99.5 cm³/mol. The number of aromatic nitrogens is 1. The van der Waals surface area contributed by atoms with E-state index >= 15 is 0 Å². The van der Waals surface area contributed by atoms with Crippen molar-refractivity contribution in [3.8, 4) is 0 Å². The van der Waals surface area contributed by atoms with Gasteiger partial charge in [-0.05, 0) is 47.7 Å². The summed E-state index contributed by atoms with van der Waals surface area (Å²) in [7, 11) is 0. The Morgan fingerprint density at radius 2 is 1.96 bits per heavy atom. The van der Waals surface area contributed by atoms with Gasteiger partial charge in [-0.25, -0.2) is 9.37 Å². The first-order valence-electron chi connectivity index (χ1n) is 7.96. The number of nitrogens with one attached hydrogen (secondary N) is 2. The van der Waals surface area contributed by atoms with Gasteiger partial charge in [-0.2, -0.15) is 0 Å². The summed E-state index contributed by atoms with van der Waals surface area (Å²) >= 11 is 1.56. The van der Waals surface area contributed by atoms with Crippen LogP contribution < -0.4 is 10.6 Å². The van der Waals surface area contributed by atoms with E-state index in [-0.39, 0.29) is 11.7 Å². The first kappa shape index (κ1) is 17.1. The summed E-state index contributed by atoms with van der Waals surface area (Å²) < 4.78 is 12.9. The number of benzene rings is 1. The molecule has 3 aromatic rings. The highest BCUT2D eigenvalue weighted by Gasteiger charge is 2.05. The Bertz CT molecular complexity index is 802. The predicted octanol–water partition coefficient (Wildman–Crippen LogP) is 4.12. The molecule has 1 aromatic carbocycles. The number of hydrogen-bond donors (Lipinski definition) is 2. The molecule has 2 aromatic heterocycles. The van der Waals surface area contributed by atoms with E-state index in [4.69, 9.17) is 0 Å². The van der Waals surface area contributed by atoms with Crippen LogP contribution >= 0.6 is 11.3 Å². The van der Waals surface area contributed by atoms with Crippen molar-refractivity contribution in [3.05, 3.63) is 76.4 Å². The molecule has 0 aliphatic carbocycles. The zero-order valence-corrected chi connectivity index (χ0v) is 14.4. The molecule has 6 heteroatoms. The van der Waals surface area contributed by atoms with E-state index in [1.54, 1.807) is 35.7 Å². The minimum Gasteiger partial charge on any atom is -0.383 e. The van der Waals surface area contributed by atoms with Crippen molar-refractivity contribution >= 4 is 28.7 Å². The molecule has 0 spiro atoms. The molecule has 0 bridgehead atoms. The normalized spacial score (nSPS) is 10.4. The maximum Gasteiger partial charge on any atom is 0.230 e. The van der Waals surface area contributed by atoms with E-state index in [9.17, 15) is 9.18 Å². The molecule has 0 saturated carbocycles. The van der Waals surface area contributed by atoms with Gasteiger partial charge in [0, 0.05) is 11.4 Å². The lowest BCUT2D eigenvalue weighted by Crippen LogP contribution is -2.14.